The van der Waals surface area contributed by atoms with Crippen LogP contribution in [0.25, 0.3) is 11.1 Å². The van der Waals surface area contributed by atoms with E-state index in [1.165, 1.54) is 13.2 Å². The molecule has 0 saturated carbocycles. The molecule has 75 valence electrons. The minimum absolute atomic E-state index is 0.409. The van der Waals surface area contributed by atoms with Crippen LogP contribution in [0.2, 0.25) is 0 Å². The lowest BCUT2D eigenvalue weighted by molar-refractivity contribution is 0.410. The normalized spacial score (nSPS) is 10.0. The standard InChI is InChI=1S/C13H10FO/c1-15-13-8-11(7-12(14)9-13)10-5-3-2-4-6-10/h2-8H,1H3. The lowest BCUT2D eigenvalue weighted by atomic mass is 10.1. The second kappa shape index (κ2) is 4.13. The molecule has 0 aliphatic carbocycles. The van der Waals surface area contributed by atoms with Crippen molar-refractivity contribution in [1.82, 2.24) is 0 Å². The topological polar surface area (TPSA) is 9.23 Å². The number of halogens is 1. The monoisotopic (exact) mass is 201 g/mol. The summed E-state index contributed by atoms with van der Waals surface area (Å²) in [6, 6.07) is 15.3. The van der Waals surface area contributed by atoms with Crippen molar-refractivity contribution in [2.75, 3.05) is 7.11 Å². The molecule has 0 saturated heterocycles. The third-order valence-corrected chi connectivity index (χ3v) is 2.14. The molecule has 1 nitrogen and oxygen atoms in total. The fourth-order valence-corrected chi connectivity index (χ4v) is 1.42. The molecular formula is C13H10FO. The predicted octanol–water partition coefficient (Wildman–Crippen LogP) is 3.30. The predicted molar refractivity (Wildman–Crippen MR) is 57.2 cm³/mol. The van der Waals surface area contributed by atoms with E-state index in [2.05, 4.69) is 6.07 Å². The van der Waals surface area contributed by atoms with Crippen LogP contribution in [-0.4, -0.2) is 7.11 Å². The van der Waals surface area contributed by atoms with Crippen molar-refractivity contribution in [2.24, 2.45) is 0 Å². The summed E-state index contributed by atoms with van der Waals surface area (Å²) < 4.78 is 18.1. The molecule has 0 amide bonds. The molecule has 2 rings (SSSR count). The molecule has 0 aromatic heterocycles. The Bertz CT molecular complexity index is 451. The van der Waals surface area contributed by atoms with E-state index in [4.69, 9.17) is 4.74 Å². The average molecular weight is 201 g/mol. The molecular weight excluding hydrogens is 191 g/mol. The molecule has 0 atom stereocenters. The van der Waals surface area contributed by atoms with Crippen LogP contribution in [0.5, 0.6) is 5.75 Å². The van der Waals surface area contributed by atoms with Gasteiger partial charge in [-0.05, 0) is 23.3 Å². The van der Waals surface area contributed by atoms with Gasteiger partial charge in [0.15, 0.2) is 0 Å². The summed E-state index contributed by atoms with van der Waals surface area (Å²) in [4.78, 5) is 0. The highest BCUT2D eigenvalue weighted by Crippen LogP contribution is 2.24. The minimum atomic E-state index is -0.409. The summed E-state index contributed by atoms with van der Waals surface area (Å²) in [7, 11) is 1.50. The Labute approximate surface area is 88.1 Å². The van der Waals surface area contributed by atoms with Crippen molar-refractivity contribution in [2.45, 2.75) is 0 Å². The second-order valence-electron chi connectivity index (χ2n) is 3.15. The van der Waals surface area contributed by atoms with Crippen LogP contribution in [0.3, 0.4) is 0 Å². The largest absolute Gasteiger partial charge is 0.496 e. The quantitative estimate of drug-likeness (QED) is 0.724. The van der Waals surface area contributed by atoms with Crippen molar-refractivity contribution < 1.29 is 9.13 Å². The first-order valence-corrected chi connectivity index (χ1v) is 4.62. The molecule has 0 aliphatic heterocycles. The van der Waals surface area contributed by atoms with E-state index in [0.717, 1.165) is 11.1 Å². The van der Waals surface area contributed by atoms with E-state index in [1.54, 1.807) is 6.07 Å². The van der Waals surface area contributed by atoms with Gasteiger partial charge in [-0.1, -0.05) is 30.3 Å². The van der Waals surface area contributed by atoms with E-state index in [1.807, 2.05) is 30.3 Å². The van der Waals surface area contributed by atoms with Gasteiger partial charge in [-0.3, -0.25) is 0 Å². The fourth-order valence-electron chi connectivity index (χ4n) is 1.42. The number of hydrogen-bond acceptors (Lipinski definition) is 1. The lowest BCUT2D eigenvalue weighted by Gasteiger charge is -2.04. The molecule has 2 aromatic rings. The van der Waals surface area contributed by atoms with Crippen LogP contribution in [0.4, 0.5) is 4.39 Å². The molecule has 0 heterocycles. The maximum Gasteiger partial charge on any atom is 0.135 e. The highest BCUT2D eigenvalue weighted by Gasteiger charge is 2.03. The van der Waals surface area contributed by atoms with Gasteiger partial charge >= 0.3 is 0 Å². The number of ether oxygens (including phenoxy) is 1. The van der Waals surface area contributed by atoms with Crippen molar-refractivity contribution in [3.8, 4) is 16.9 Å². The van der Waals surface area contributed by atoms with Gasteiger partial charge < -0.3 is 4.74 Å². The van der Waals surface area contributed by atoms with Crippen LogP contribution >= 0.6 is 0 Å². The van der Waals surface area contributed by atoms with Crippen molar-refractivity contribution in [1.29, 1.82) is 0 Å². The van der Waals surface area contributed by atoms with Crippen molar-refractivity contribution in [3.05, 3.63) is 54.3 Å². The Kier molecular flexibility index (Phi) is 2.68. The van der Waals surface area contributed by atoms with E-state index in [0.29, 0.717) is 5.75 Å². The van der Waals surface area contributed by atoms with E-state index >= 15 is 0 Å². The summed E-state index contributed by atoms with van der Waals surface area (Å²) in [5.74, 6) is 0.00190. The minimum Gasteiger partial charge on any atom is -0.496 e. The SMILES string of the molecule is COc1[c]c(F)cc(-c2ccccc2)c1. The molecule has 0 N–H and O–H groups in total. The Morgan fingerprint density at radius 2 is 1.80 bits per heavy atom. The molecule has 0 fully saturated rings. The zero-order chi connectivity index (χ0) is 10.7. The lowest BCUT2D eigenvalue weighted by Crippen LogP contribution is -1.87. The fraction of sp³-hybridized carbons (Fsp3) is 0.0769. The zero-order valence-corrected chi connectivity index (χ0v) is 8.33. The van der Waals surface area contributed by atoms with E-state index in [9.17, 15) is 4.39 Å². The summed E-state index contributed by atoms with van der Waals surface area (Å²) in [6.45, 7) is 0. The van der Waals surface area contributed by atoms with Gasteiger partial charge in [0.05, 0.1) is 13.2 Å². The van der Waals surface area contributed by atoms with Gasteiger partial charge in [-0.2, -0.15) is 0 Å². The molecule has 1 radical (unpaired) electrons. The Balaban J connectivity index is 2.49. The Hall–Kier alpha value is -1.83. The van der Waals surface area contributed by atoms with Crippen molar-refractivity contribution >= 4 is 0 Å². The second-order valence-corrected chi connectivity index (χ2v) is 3.15. The maximum atomic E-state index is 13.2. The molecule has 0 aliphatic rings. The molecule has 0 spiro atoms. The first-order chi connectivity index (χ1) is 7.29. The number of rotatable bonds is 2. The number of hydrogen-bond donors (Lipinski definition) is 0. The van der Waals surface area contributed by atoms with Crippen LogP contribution in [0.15, 0.2) is 42.5 Å². The van der Waals surface area contributed by atoms with Gasteiger partial charge in [0.1, 0.15) is 11.6 Å². The molecule has 0 bridgehead atoms. The van der Waals surface area contributed by atoms with Gasteiger partial charge in [0.25, 0.3) is 0 Å². The van der Waals surface area contributed by atoms with Gasteiger partial charge in [-0.25, -0.2) is 4.39 Å². The number of methoxy groups -OCH3 is 1. The highest BCUT2D eigenvalue weighted by atomic mass is 19.1. The van der Waals surface area contributed by atoms with Crippen LogP contribution < -0.4 is 4.74 Å². The van der Waals surface area contributed by atoms with Gasteiger partial charge in [0, 0.05) is 0 Å². The van der Waals surface area contributed by atoms with E-state index < -0.39 is 5.82 Å². The van der Waals surface area contributed by atoms with Gasteiger partial charge in [-0.15, -0.1) is 0 Å². The van der Waals surface area contributed by atoms with Gasteiger partial charge in [0.2, 0.25) is 0 Å². The molecule has 2 heteroatoms. The molecule has 0 unspecified atom stereocenters. The summed E-state index contributed by atoms with van der Waals surface area (Å²) in [5, 5.41) is 0. The van der Waals surface area contributed by atoms with Crippen LogP contribution in [0, 0.1) is 11.9 Å². The smallest absolute Gasteiger partial charge is 0.135 e. The highest BCUT2D eigenvalue weighted by molar-refractivity contribution is 5.64. The Morgan fingerprint density at radius 3 is 2.47 bits per heavy atom. The van der Waals surface area contributed by atoms with Crippen LogP contribution in [-0.2, 0) is 0 Å². The first-order valence-electron chi connectivity index (χ1n) is 4.62. The molecule has 15 heavy (non-hydrogen) atoms. The average Bonchev–Trinajstić information content (AvgIpc) is 2.29. The Morgan fingerprint density at radius 1 is 1.07 bits per heavy atom. The third kappa shape index (κ3) is 2.15. The van der Waals surface area contributed by atoms with E-state index in [-0.39, 0.29) is 0 Å². The molecule has 2 aromatic carbocycles. The summed E-state index contributed by atoms with van der Waals surface area (Å²) in [5.41, 5.74) is 1.76. The summed E-state index contributed by atoms with van der Waals surface area (Å²) in [6.07, 6.45) is 0. The number of benzene rings is 2. The third-order valence-electron chi connectivity index (χ3n) is 2.14. The first kappa shape index (κ1) is 9.71. The van der Waals surface area contributed by atoms with Crippen LogP contribution in [0.1, 0.15) is 0 Å². The zero-order valence-electron chi connectivity index (χ0n) is 8.33. The van der Waals surface area contributed by atoms with Crippen molar-refractivity contribution in [3.63, 3.8) is 0 Å². The maximum absolute atomic E-state index is 13.2. The summed E-state index contributed by atoms with van der Waals surface area (Å²) >= 11 is 0.